The number of aromatic nitrogens is 1. The second-order valence-electron chi connectivity index (χ2n) is 3.24. The fourth-order valence-corrected chi connectivity index (χ4v) is 1.51. The van der Waals surface area contributed by atoms with Gasteiger partial charge in [-0.2, -0.15) is 0 Å². The van der Waals surface area contributed by atoms with Crippen molar-refractivity contribution in [2.75, 3.05) is 0 Å². The standard InChI is InChI=1S/C10H12N2O3/c1-3-8(7(2)13)10-9(12(14)15)5-4-6-11-10/h4-6,8H,3H2,1-2H3. The van der Waals surface area contributed by atoms with Gasteiger partial charge in [0.2, 0.25) is 0 Å². The van der Waals surface area contributed by atoms with Gasteiger partial charge in [0.15, 0.2) is 0 Å². The number of hydrogen-bond acceptors (Lipinski definition) is 4. The molecule has 15 heavy (non-hydrogen) atoms. The van der Waals surface area contributed by atoms with Crippen LogP contribution >= 0.6 is 0 Å². The van der Waals surface area contributed by atoms with Crippen LogP contribution in [0.1, 0.15) is 31.9 Å². The van der Waals surface area contributed by atoms with Crippen LogP contribution in [-0.2, 0) is 4.79 Å². The van der Waals surface area contributed by atoms with Gasteiger partial charge < -0.3 is 0 Å². The summed E-state index contributed by atoms with van der Waals surface area (Å²) in [7, 11) is 0. The maximum atomic E-state index is 11.3. The lowest BCUT2D eigenvalue weighted by Crippen LogP contribution is -2.11. The molecule has 0 saturated heterocycles. The van der Waals surface area contributed by atoms with Crippen molar-refractivity contribution in [2.24, 2.45) is 0 Å². The third kappa shape index (κ3) is 2.37. The smallest absolute Gasteiger partial charge is 0.291 e. The number of Topliss-reactive ketones (excluding diaryl/α,β-unsaturated/α-hetero) is 1. The highest BCUT2D eigenvalue weighted by atomic mass is 16.6. The average Bonchev–Trinajstić information content (AvgIpc) is 2.18. The van der Waals surface area contributed by atoms with E-state index in [1.165, 1.54) is 25.3 Å². The highest BCUT2D eigenvalue weighted by molar-refractivity contribution is 5.83. The molecule has 0 fully saturated rings. The van der Waals surface area contributed by atoms with Crippen LogP contribution in [-0.4, -0.2) is 15.7 Å². The van der Waals surface area contributed by atoms with Crippen molar-refractivity contribution in [1.82, 2.24) is 4.98 Å². The predicted molar refractivity (Wildman–Crippen MR) is 54.6 cm³/mol. The van der Waals surface area contributed by atoms with Crippen LogP contribution < -0.4 is 0 Å². The van der Waals surface area contributed by atoms with Crippen LogP contribution in [0.25, 0.3) is 0 Å². The Hall–Kier alpha value is -1.78. The molecule has 5 heteroatoms. The molecule has 0 saturated carbocycles. The summed E-state index contributed by atoms with van der Waals surface area (Å²) in [5.74, 6) is -0.578. The molecule has 1 aromatic heterocycles. The molecule has 1 unspecified atom stereocenters. The van der Waals surface area contributed by atoms with E-state index in [-0.39, 0.29) is 17.2 Å². The fourth-order valence-electron chi connectivity index (χ4n) is 1.51. The molecule has 0 aromatic carbocycles. The zero-order valence-corrected chi connectivity index (χ0v) is 8.64. The first-order valence-corrected chi connectivity index (χ1v) is 4.67. The van der Waals surface area contributed by atoms with Crippen LogP contribution in [0.2, 0.25) is 0 Å². The minimum Gasteiger partial charge on any atom is -0.299 e. The van der Waals surface area contributed by atoms with Crippen molar-refractivity contribution in [1.29, 1.82) is 0 Å². The number of pyridine rings is 1. The van der Waals surface area contributed by atoms with Gasteiger partial charge in [-0.1, -0.05) is 6.92 Å². The molecule has 0 aliphatic carbocycles. The fraction of sp³-hybridized carbons (Fsp3) is 0.400. The van der Waals surface area contributed by atoms with Gasteiger partial charge in [-0.3, -0.25) is 19.9 Å². The molecule has 1 atom stereocenters. The third-order valence-corrected chi connectivity index (χ3v) is 2.24. The highest BCUT2D eigenvalue weighted by Crippen LogP contribution is 2.26. The summed E-state index contributed by atoms with van der Waals surface area (Å²) < 4.78 is 0. The van der Waals surface area contributed by atoms with Gasteiger partial charge in [-0.25, -0.2) is 0 Å². The molecule has 1 aromatic rings. The predicted octanol–water partition coefficient (Wildman–Crippen LogP) is 2.07. The molecule has 80 valence electrons. The van der Waals surface area contributed by atoms with E-state index in [9.17, 15) is 14.9 Å². The first-order chi connectivity index (χ1) is 7.07. The lowest BCUT2D eigenvalue weighted by atomic mass is 9.96. The van der Waals surface area contributed by atoms with Crippen LogP contribution in [0, 0.1) is 10.1 Å². The summed E-state index contributed by atoms with van der Waals surface area (Å²) in [5.41, 5.74) is 0.178. The first-order valence-electron chi connectivity index (χ1n) is 4.67. The van der Waals surface area contributed by atoms with Crippen molar-refractivity contribution in [2.45, 2.75) is 26.2 Å². The molecule has 1 heterocycles. The normalized spacial score (nSPS) is 12.1. The van der Waals surface area contributed by atoms with Crippen LogP contribution in [0.5, 0.6) is 0 Å². The molecule has 0 aliphatic heterocycles. The Morgan fingerprint density at radius 3 is 2.80 bits per heavy atom. The number of rotatable bonds is 4. The second kappa shape index (κ2) is 4.63. The largest absolute Gasteiger partial charge is 0.299 e. The topological polar surface area (TPSA) is 73.1 Å². The van der Waals surface area contributed by atoms with Crippen LogP contribution in [0.15, 0.2) is 18.3 Å². The quantitative estimate of drug-likeness (QED) is 0.560. The lowest BCUT2D eigenvalue weighted by molar-refractivity contribution is -0.386. The van der Waals surface area contributed by atoms with E-state index in [0.717, 1.165) is 0 Å². The average molecular weight is 208 g/mol. The Morgan fingerprint density at radius 1 is 1.67 bits per heavy atom. The van der Waals surface area contributed by atoms with Crippen molar-refractivity contribution < 1.29 is 9.72 Å². The van der Waals surface area contributed by atoms with Gasteiger partial charge in [0.1, 0.15) is 11.5 Å². The van der Waals surface area contributed by atoms with E-state index in [0.29, 0.717) is 6.42 Å². The first kappa shape index (κ1) is 11.3. The van der Waals surface area contributed by atoms with E-state index < -0.39 is 10.8 Å². The van der Waals surface area contributed by atoms with E-state index in [4.69, 9.17) is 0 Å². The lowest BCUT2D eigenvalue weighted by Gasteiger charge is -2.09. The van der Waals surface area contributed by atoms with Crippen molar-refractivity contribution in [3.8, 4) is 0 Å². The molecule has 0 N–H and O–H groups in total. The molecule has 0 aliphatic rings. The van der Waals surface area contributed by atoms with Gasteiger partial charge in [0.25, 0.3) is 5.69 Å². The SMILES string of the molecule is CCC(C(C)=O)c1ncccc1[N+](=O)[O-]. The van der Waals surface area contributed by atoms with Gasteiger partial charge in [-0.15, -0.1) is 0 Å². The maximum Gasteiger partial charge on any atom is 0.291 e. The number of carbonyl (C=O) groups excluding carboxylic acids is 1. The molecule has 0 bridgehead atoms. The van der Waals surface area contributed by atoms with Crippen molar-refractivity contribution in [3.63, 3.8) is 0 Å². The molecule has 1 rings (SSSR count). The summed E-state index contributed by atoms with van der Waals surface area (Å²) >= 11 is 0. The molecule has 0 radical (unpaired) electrons. The van der Waals surface area contributed by atoms with E-state index in [1.807, 2.05) is 6.92 Å². The summed E-state index contributed by atoms with van der Waals surface area (Å²) in [6.07, 6.45) is 1.99. The Morgan fingerprint density at radius 2 is 2.33 bits per heavy atom. The van der Waals surface area contributed by atoms with Crippen LogP contribution in [0.4, 0.5) is 5.69 Å². The maximum absolute atomic E-state index is 11.3. The van der Waals surface area contributed by atoms with Crippen LogP contribution in [0.3, 0.4) is 0 Å². The van der Waals surface area contributed by atoms with E-state index >= 15 is 0 Å². The number of ketones is 1. The van der Waals surface area contributed by atoms with Gasteiger partial charge in [-0.05, 0) is 19.4 Å². The summed E-state index contributed by atoms with van der Waals surface area (Å²) in [4.78, 5) is 25.4. The molecular formula is C10H12N2O3. The second-order valence-corrected chi connectivity index (χ2v) is 3.24. The minimum atomic E-state index is -0.506. The summed E-state index contributed by atoms with van der Waals surface area (Å²) in [5, 5.41) is 10.7. The van der Waals surface area contributed by atoms with Gasteiger partial charge in [0.05, 0.1) is 10.8 Å². The Bertz CT molecular complexity index is 390. The number of nitro groups is 1. The third-order valence-electron chi connectivity index (χ3n) is 2.24. The Balaban J connectivity index is 3.22. The van der Waals surface area contributed by atoms with Gasteiger partial charge in [0, 0.05) is 12.3 Å². The number of hydrogen-bond donors (Lipinski definition) is 0. The Kier molecular flexibility index (Phi) is 3.49. The Labute approximate surface area is 87.3 Å². The zero-order chi connectivity index (χ0) is 11.4. The molecule has 0 amide bonds. The van der Waals surface area contributed by atoms with Crippen molar-refractivity contribution >= 4 is 11.5 Å². The molecular weight excluding hydrogens is 196 g/mol. The zero-order valence-electron chi connectivity index (χ0n) is 8.64. The number of carbonyl (C=O) groups is 1. The van der Waals surface area contributed by atoms with Crippen molar-refractivity contribution in [3.05, 3.63) is 34.1 Å². The van der Waals surface area contributed by atoms with E-state index in [2.05, 4.69) is 4.98 Å². The highest BCUT2D eigenvalue weighted by Gasteiger charge is 2.24. The minimum absolute atomic E-state index is 0.0837. The monoisotopic (exact) mass is 208 g/mol. The van der Waals surface area contributed by atoms with E-state index in [1.54, 1.807) is 0 Å². The summed E-state index contributed by atoms with van der Waals surface area (Å²) in [6, 6.07) is 2.86. The molecule has 5 nitrogen and oxygen atoms in total. The summed E-state index contributed by atoms with van der Waals surface area (Å²) in [6.45, 7) is 3.23. The van der Waals surface area contributed by atoms with Gasteiger partial charge >= 0.3 is 0 Å². The number of nitrogens with zero attached hydrogens (tertiary/aromatic N) is 2. The molecule has 0 spiro atoms.